The third kappa shape index (κ3) is 68.7. The van der Waals surface area contributed by atoms with Crippen LogP contribution in [0.1, 0.15) is 425 Å². The quantitative estimate of drug-likeness (QED) is 0.0261. The lowest BCUT2D eigenvalue weighted by molar-refractivity contribution is -0.167. The fourth-order valence-electron chi connectivity index (χ4n) is 11.6. The summed E-state index contributed by atoms with van der Waals surface area (Å²) in [6, 6.07) is 0. The molecule has 0 rings (SSSR count). The van der Waals surface area contributed by atoms with E-state index >= 15 is 0 Å². The Labute approximate surface area is 513 Å². The second-order valence-electron chi connectivity index (χ2n) is 25.6. The first-order valence-corrected chi connectivity index (χ1v) is 37.3. The van der Waals surface area contributed by atoms with Gasteiger partial charge < -0.3 is 14.2 Å². The molecule has 0 aromatic carbocycles. The fraction of sp³-hybridized carbons (Fsp3) is 0.908. The van der Waals surface area contributed by atoms with Crippen LogP contribution in [0.25, 0.3) is 0 Å². The molecule has 0 fully saturated rings. The zero-order valence-electron chi connectivity index (χ0n) is 55.8. The molecule has 0 heterocycles. The van der Waals surface area contributed by atoms with Crippen LogP contribution in [0.15, 0.2) is 24.3 Å². The number of allylic oxidation sites excluding steroid dienone is 4. The lowest BCUT2D eigenvalue weighted by Gasteiger charge is -2.18. The Hall–Kier alpha value is -2.11. The summed E-state index contributed by atoms with van der Waals surface area (Å²) in [7, 11) is 0. The first-order valence-electron chi connectivity index (χ1n) is 37.3. The van der Waals surface area contributed by atoms with Crippen molar-refractivity contribution >= 4 is 17.9 Å². The Morgan fingerprint density at radius 2 is 0.439 bits per heavy atom. The molecule has 6 nitrogen and oxygen atoms in total. The van der Waals surface area contributed by atoms with E-state index in [2.05, 4.69) is 45.1 Å². The van der Waals surface area contributed by atoms with Crippen molar-refractivity contribution in [2.45, 2.75) is 431 Å². The van der Waals surface area contributed by atoms with E-state index in [1.807, 2.05) is 0 Å². The van der Waals surface area contributed by atoms with E-state index in [4.69, 9.17) is 14.2 Å². The summed E-state index contributed by atoms with van der Waals surface area (Å²) in [4.78, 5) is 38.5. The van der Waals surface area contributed by atoms with Crippen LogP contribution in [0.5, 0.6) is 0 Å². The second-order valence-corrected chi connectivity index (χ2v) is 25.6. The third-order valence-corrected chi connectivity index (χ3v) is 17.2. The lowest BCUT2D eigenvalue weighted by Crippen LogP contribution is -2.30. The predicted octanol–water partition coefficient (Wildman–Crippen LogP) is 25.7. The minimum Gasteiger partial charge on any atom is -0.462 e. The van der Waals surface area contributed by atoms with Crippen LogP contribution in [-0.2, 0) is 28.6 Å². The molecule has 1 atom stereocenters. The van der Waals surface area contributed by atoms with Gasteiger partial charge >= 0.3 is 17.9 Å². The molecule has 0 radical (unpaired) electrons. The molecule has 0 aromatic rings. The molecule has 0 N–H and O–H groups in total. The van der Waals surface area contributed by atoms with E-state index < -0.39 is 6.10 Å². The topological polar surface area (TPSA) is 78.9 Å². The summed E-state index contributed by atoms with van der Waals surface area (Å²) in [6.45, 7) is 6.73. The molecule has 0 amide bonds. The van der Waals surface area contributed by atoms with Crippen LogP contribution >= 0.6 is 0 Å². The Bertz CT molecular complexity index is 1320. The number of unbranched alkanes of at least 4 members (excludes halogenated alkanes) is 55. The van der Waals surface area contributed by atoms with Crippen LogP contribution < -0.4 is 0 Å². The number of hydrogen-bond acceptors (Lipinski definition) is 6. The van der Waals surface area contributed by atoms with E-state index in [0.717, 1.165) is 64.2 Å². The van der Waals surface area contributed by atoms with Gasteiger partial charge in [0, 0.05) is 19.3 Å². The average Bonchev–Trinajstić information content (AvgIpc) is 3.47. The van der Waals surface area contributed by atoms with Gasteiger partial charge in [-0.2, -0.15) is 0 Å². The molecule has 0 spiro atoms. The maximum Gasteiger partial charge on any atom is 0.306 e. The van der Waals surface area contributed by atoms with Crippen molar-refractivity contribution in [3.05, 3.63) is 24.3 Å². The highest BCUT2D eigenvalue weighted by Gasteiger charge is 2.20. The van der Waals surface area contributed by atoms with Crippen molar-refractivity contribution < 1.29 is 28.6 Å². The maximum absolute atomic E-state index is 13.0. The highest BCUT2D eigenvalue weighted by atomic mass is 16.6. The number of esters is 3. The van der Waals surface area contributed by atoms with E-state index in [0.29, 0.717) is 19.3 Å². The molecular weight excluding hydrogens is 1010 g/mol. The van der Waals surface area contributed by atoms with Gasteiger partial charge in [0.05, 0.1) is 0 Å². The van der Waals surface area contributed by atoms with Gasteiger partial charge in [0.15, 0.2) is 6.10 Å². The van der Waals surface area contributed by atoms with Crippen molar-refractivity contribution in [3.8, 4) is 0 Å². The standard InChI is InChI=1S/C76H144O6/c1-4-7-10-13-16-19-22-25-28-30-32-34-35-36-37-38-39-40-41-42-44-45-48-51-54-57-60-63-66-69-75(78)81-72-73(71-80-74(77)68-65-62-59-56-53-50-47-27-24-21-18-15-12-9-6-3)82-76(79)70-67-64-61-58-55-52-49-46-43-33-31-29-26-23-20-17-14-11-8-5-2/h22,25,30,32,73H,4-21,23-24,26-29,31,33-72H2,1-3H3/b25-22-,32-30-. The average molecular weight is 1150 g/mol. The predicted molar refractivity (Wildman–Crippen MR) is 358 cm³/mol. The molecule has 484 valence electrons. The summed E-state index contributed by atoms with van der Waals surface area (Å²) in [6.07, 6.45) is 87.9. The van der Waals surface area contributed by atoms with Crippen LogP contribution in [0.4, 0.5) is 0 Å². The minimum absolute atomic E-state index is 0.0628. The molecule has 1 unspecified atom stereocenters. The Morgan fingerprint density at radius 3 is 0.671 bits per heavy atom. The molecule has 0 aromatic heterocycles. The van der Waals surface area contributed by atoms with Gasteiger partial charge in [-0.05, 0) is 51.4 Å². The number of rotatable bonds is 70. The van der Waals surface area contributed by atoms with Gasteiger partial charge in [-0.15, -0.1) is 0 Å². The monoisotopic (exact) mass is 1150 g/mol. The molecule has 0 bridgehead atoms. The smallest absolute Gasteiger partial charge is 0.306 e. The first-order chi connectivity index (χ1) is 40.5. The SMILES string of the molecule is CCCCCCC/C=C\C/C=C\CCCCCCCCCCCCCCCCCCCC(=O)OCC(COC(=O)CCCCCCCCCCCCCCCCC)OC(=O)CCCCCCCCCCCCCCCCCCCCCC. The summed E-state index contributed by atoms with van der Waals surface area (Å²) in [5.41, 5.74) is 0. The van der Waals surface area contributed by atoms with Crippen LogP contribution in [-0.4, -0.2) is 37.2 Å². The van der Waals surface area contributed by atoms with Gasteiger partial charge in [0.1, 0.15) is 13.2 Å². The highest BCUT2D eigenvalue weighted by Crippen LogP contribution is 2.19. The maximum atomic E-state index is 13.0. The Morgan fingerprint density at radius 1 is 0.244 bits per heavy atom. The molecule has 0 saturated heterocycles. The summed E-state index contributed by atoms with van der Waals surface area (Å²) < 4.78 is 17.0. The molecule has 6 heteroatoms. The molecule has 0 aliphatic heterocycles. The fourth-order valence-corrected chi connectivity index (χ4v) is 11.6. The number of carbonyl (C=O) groups excluding carboxylic acids is 3. The summed E-state index contributed by atoms with van der Waals surface area (Å²) in [5, 5.41) is 0. The van der Waals surface area contributed by atoms with E-state index in [9.17, 15) is 14.4 Å². The molecule has 0 saturated carbocycles. The zero-order chi connectivity index (χ0) is 59.2. The van der Waals surface area contributed by atoms with Crippen molar-refractivity contribution in [1.82, 2.24) is 0 Å². The van der Waals surface area contributed by atoms with Gasteiger partial charge in [-0.3, -0.25) is 14.4 Å². The Balaban J connectivity index is 4.20. The number of hydrogen-bond donors (Lipinski definition) is 0. The molecular formula is C76H144O6. The number of carbonyl (C=O) groups is 3. The number of ether oxygens (including phenoxy) is 3. The van der Waals surface area contributed by atoms with Crippen molar-refractivity contribution in [2.75, 3.05) is 13.2 Å². The van der Waals surface area contributed by atoms with Crippen molar-refractivity contribution in [2.24, 2.45) is 0 Å². The van der Waals surface area contributed by atoms with Gasteiger partial charge in [0.2, 0.25) is 0 Å². The van der Waals surface area contributed by atoms with Crippen LogP contribution in [0, 0.1) is 0 Å². The highest BCUT2D eigenvalue weighted by molar-refractivity contribution is 5.71. The largest absolute Gasteiger partial charge is 0.462 e. The molecule has 82 heavy (non-hydrogen) atoms. The molecule has 0 aliphatic carbocycles. The van der Waals surface area contributed by atoms with Gasteiger partial charge in [0.25, 0.3) is 0 Å². The second kappa shape index (κ2) is 71.4. The lowest BCUT2D eigenvalue weighted by atomic mass is 10.0. The van der Waals surface area contributed by atoms with Crippen molar-refractivity contribution in [1.29, 1.82) is 0 Å². The van der Waals surface area contributed by atoms with Crippen LogP contribution in [0.2, 0.25) is 0 Å². The first kappa shape index (κ1) is 79.9. The van der Waals surface area contributed by atoms with Crippen LogP contribution in [0.3, 0.4) is 0 Å². The third-order valence-electron chi connectivity index (χ3n) is 17.2. The van der Waals surface area contributed by atoms with E-state index in [-0.39, 0.29) is 31.1 Å². The zero-order valence-corrected chi connectivity index (χ0v) is 55.8. The normalized spacial score (nSPS) is 12.1. The summed E-state index contributed by atoms with van der Waals surface area (Å²) >= 11 is 0. The van der Waals surface area contributed by atoms with E-state index in [1.165, 1.54) is 321 Å². The minimum atomic E-state index is -0.767. The van der Waals surface area contributed by atoms with Gasteiger partial charge in [-0.25, -0.2) is 0 Å². The van der Waals surface area contributed by atoms with Crippen molar-refractivity contribution in [3.63, 3.8) is 0 Å². The van der Waals surface area contributed by atoms with E-state index in [1.54, 1.807) is 0 Å². The van der Waals surface area contributed by atoms with Gasteiger partial charge in [-0.1, -0.05) is 379 Å². The Kier molecular flexibility index (Phi) is 69.5. The molecule has 0 aliphatic rings. The summed E-state index contributed by atoms with van der Waals surface area (Å²) in [5.74, 6) is -0.824.